The van der Waals surface area contributed by atoms with E-state index in [0.29, 0.717) is 38.1 Å². The summed E-state index contributed by atoms with van der Waals surface area (Å²) in [6.45, 7) is 11.6. The molecule has 0 saturated carbocycles. The van der Waals surface area contributed by atoms with Crippen molar-refractivity contribution in [3.8, 4) is 17.4 Å². The summed E-state index contributed by atoms with van der Waals surface area (Å²) in [6, 6.07) is 9.73. The molecule has 0 bridgehead atoms. The van der Waals surface area contributed by atoms with Crippen LogP contribution < -0.4 is 25.2 Å². The van der Waals surface area contributed by atoms with E-state index in [-0.39, 0.29) is 11.4 Å². The van der Waals surface area contributed by atoms with Crippen LogP contribution in [-0.2, 0) is 17.7 Å². The van der Waals surface area contributed by atoms with Gasteiger partial charge in [-0.25, -0.2) is 19.7 Å². The molecule has 1 fully saturated rings. The van der Waals surface area contributed by atoms with Gasteiger partial charge in [0.05, 0.1) is 32.6 Å². The van der Waals surface area contributed by atoms with Crippen LogP contribution in [0.3, 0.4) is 0 Å². The van der Waals surface area contributed by atoms with Crippen molar-refractivity contribution in [1.82, 2.24) is 25.3 Å². The number of fused-ring (bicyclic) bond motifs is 1. The van der Waals surface area contributed by atoms with Crippen molar-refractivity contribution in [3.05, 3.63) is 47.8 Å². The fourth-order valence-electron chi connectivity index (χ4n) is 5.08. The summed E-state index contributed by atoms with van der Waals surface area (Å²) in [5, 5.41) is 5.86. The molecule has 2 aliphatic heterocycles. The van der Waals surface area contributed by atoms with Crippen LogP contribution in [0.2, 0.25) is 0 Å². The van der Waals surface area contributed by atoms with Gasteiger partial charge in [0.1, 0.15) is 11.6 Å². The Morgan fingerprint density at radius 1 is 1.02 bits per heavy atom. The SMILES string of the molecule is COc1nccc(N2CCc3c(nc(-c4ccc(NC(=O)NCCCC(C)(C)C)cc4)nc3N3CCOCC3)C2)n1. The van der Waals surface area contributed by atoms with Crippen molar-refractivity contribution in [2.75, 3.05) is 61.6 Å². The van der Waals surface area contributed by atoms with Crippen LogP contribution in [-0.4, -0.2) is 72.5 Å². The number of rotatable bonds is 8. The summed E-state index contributed by atoms with van der Waals surface area (Å²) in [5.41, 5.74) is 4.03. The topological polar surface area (TPSA) is 118 Å². The molecule has 0 unspecified atom stereocenters. The van der Waals surface area contributed by atoms with Crippen LogP contribution in [0.4, 0.5) is 22.1 Å². The first kappa shape index (κ1) is 28.5. The molecule has 41 heavy (non-hydrogen) atoms. The molecule has 11 heteroatoms. The summed E-state index contributed by atoms with van der Waals surface area (Å²) >= 11 is 0. The van der Waals surface area contributed by atoms with Gasteiger partial charge in [0, 0.05) is 49.2 Å². The smallest absolute Gasteiger partial charge is 0.319 e. The van der Waals surface area contributed by atoms with Crippen molar-refractivity contribution >= 4 is 23.4 Å². The van der Waals surface area contributed by atoms with Crippen molar-refractivity contribution in [1.29, 1.82) is 0 Å². The Balaban J connectivity index is 1.34. The summed E-state index contributed by atoms with van der Waals surface area (Å²) in [5.74, 6) is 2.44. The lowest BCUT2D eigenvalue weighted by Crippen LogP contribution is -2.39. The van der Waals surface area contributed by atoms with E-state index < -0.39 is 0 Å². The van der Waals surface area contributed by atoms with E-state index in [9.17, 15) is 4.79 Å². The van der Waals surface area contributed by atoms with Gasteiger partial charge in [-0.05, 0) is 55.0 Å². The Bertz CT molecular complexity index is 1340. The molecule has 5 rings (SSSR count). The maximum Gasteiger partial charge on any atom is 0.319 e. The highest BCUT2D eigenvalue weighted by Gasteiger charge is 2.27. The molecule has 0 atom stereocenters. The number of amides is 2. The lowest BCUT2D eigenvalue weighted by atomic mass is 9.91. The average molecular weight is 561 g/mol. The van der Waals surface area contributed by atoms with Gasteiger partial charge in [-0.1, -0.05) is 20.8 Å². The normalized spacial score (nSPS) is 15.3. The Morgan fingerprint density at radius 2 is 1.80 bits per heavy atom. The fourth-order valence-corrected chi connectivity index (χ4v) is 5.08. The molecule has 2 amide bonds. The largest absolute Gasteiger partial charge is 0.467 e. The molecular weight excluding hydrogens is 520 g/mol. The van der Waals surface area contributed by atoms with E-state index in [0.717, 1.165) is 67.5 Å². The molecule has 2 aromatic heterocycles. The lowest BCUT2D eigenvalue weighted by Gasteiger charge is -2.34. The van der Waals surface area contributed by atoms with Gasteiger partial charge in [-0.2, -0.15) is 4.98 Å². The highest BCUT2D eigenvalue weighted by Crippen LogP contribution is 2.32. The third-order valence-electron chi connectivity index (χ3n) is 7.27. The number of morpholine rings is 1. The Hall–Kier alpha value is -3.99. The number of methoxy groups -OCH3 is 1. The van der Waals surface area contributed by atoms with Gasteiger partial charge in [0.25, 0.3) is 0 Å². The number of benzene rings is 1. The van der Waals surface area contributed by atoms with E-state index in [2.05, 4.69) is 51.2 Å². The number of aromatic nitrogens is 4. The highest BCUT2D eigenvalue weighted by molar-refractivity contribution is 5.89. The van der Waals surface area contributed by atoms with Crippen LogP contribution in [0.25, 0.3) is 11.4 Å². The van der Waals surface area contributed by atoms with Crippen LogP contribution in [0.5, 0.6) is 6.01 Å². The van der Waals surface area contributed by atoms with Crippen LogP contribution in [0, 0.1) is 5.41 Å². The van der Waals surface area contributed by atoms with Crippen LogP contribution in [0.1, 0.15) is 44.9 Å². The third-order valence-corrected chi connectivity index (χ3v) is 7.27. The quantitative estimate of drug-likeness (QED) is 0.389. The molecule has 0 aliphatic carbocycles. The molecule has 11 nitrogen and oxygen atoms in total. The molecule has 0 spiro atoms. The molecular formula is C30H40N8O3. The first-order valence-corrected chi connectivity index (χ1v) is 14.3. The summed E-state index contributed by atoms with van der Waals surface area (Å²) < 4.78 is 10.8. The van der Waals surface area contributed by atoms with Crippen molar-refractivity contribution < 1.29 is 14.3 Å². The number of carbonyl (C=O) groups is 1. The van der Waals surface area contributed by atoms with Gasteiger partial charge in [0.15, 0.2) is 5.82 Å². The minimum atomic E-state index is -0.201. The number of urea groups is 1. The fraction of sp³-hybridized carbons (Fsp3) is 0.500. The lowest BCUT2D eigenvalue weighted by molar-refractivity contribution is 0.122. The van der Waals surface area contributed by atoms with E-state index in [4.69, 9.17) is 19.4 Å². The summed E-state index contributed by atoms with van der Waals surface area (Å²) in [4.78, 5) is 35.6. The second-order valence-electron chi connectivity index (χ2n) is 11.6. The molecule has 2 aliphatic rings. The number of nitrogens with zero attached hydrogens (tertiary/aromatic N) is 6. The minimum Gasteiger partial charge on any atom is -0.467 e. The Morgan fingerprint density at radius 3 is 2.54 bits per heavy atom. The van der Waals surface area contributed by atoms with Gasteiger partial charge in [0.2, 0.25) is 0 Å². The summed E-state index contributed by atoms with van der Waals surface area (Å²) in [6.07, 6.45) is 4.52. The van der Waals surface area contributed by atoms with E-state index in [1.54, 1.807) is 13.3 Å². The number of nitrogens with one attached hydrogen (secondary N) is 2. The monoisotopic (exact) mass is 560 g/mol. The standard InChI is InChI=1S/C30H40N8O3/c1-30(2,3)12-5-13-31-28(39)33-22-8-6-21(7-9-22)26-34-24-20-38(25-10-14-32-29(35-25)40-4)15-11-23(24)27(36-26)37-16-18-41-19-17-37/h6-10,14H,5,11-13,15-20H2,1-4H3,(H2,31,33,39). The first-order valence-electron chi connectivity index (χ1n) is 14.3. The number of hydrogen-bond donors (Lipinski definition) is 2. The van der Waals surface area contributed by atoms with Gasteiger partial charge < -0.3 is 29.9 Å². The third kappa shape index (κ3) is 7.40. The average Bonchev–Trinajstić information content (AvgIpc) is 2.99. The molecule has 2 N–H and O–H groups in total. The zero-order chi connectivity index (χ0) is 28.8. The Labute approximate surface area is 241 Å². The minimum absolute atomic E-state index is 0.201. The predicted molar refractivity (Wildman–Crippen MR) is 160 cm³/mol. The molecule has 1 saturated heterocycles. The van der Waals surface area contributed by atoms with E-state index in [1.165, 1.54) is 5.56 Å². The van der Waals surface area contributed by atoms with E-state index in [1.807, 2.05) is 30.3 Å². The Kier molecular flexibility index (Phi) is 8.82. The second kappa shape index (κ2) is 12.7. The van der Waals surface area contributed by atoms with Gasteiger partial charge in [-0.3, -0.25) is 0 Å². The maximum atomic E-state index is 12.4. The van der Waals surface area contributed by atoms with E-state index >= 15 is 0 Å². The highest BCUT2D eigenvalue weighted by atomic mass is 16.5. The number of carbonyl (C=O) groups excluding carboxylic acids is 1. The molecule has 3 aromatic rings. The first-order chi connectivity index (χ1) is 19.8. The summed E-state index contributed by atoms with van der Waals surface area (Å²) in [7, 11) is 1.57. The van der Waals surface area contributed by atoms with Crippen molar-refractivity contribution in [3.63, 3.8) is 0 Å². The number of anilines is 3. The van der Waals surface area contributed by atoms with Gasteiger partial charge >= 0.3 is 12.0 Å². The van der Waals surface area contributed by atoms with Crippen molar-refractivity contribution in [2.24, 2.45) is 5.41 Å². The molecule has 4 heterocycles. The van der Waals surface area contributed by atoms with Crippen molar-refractivity contribution in [2.45, 2.75) is 46.6 Å². The molecule has 1 aromatic carbocycles. The predicted octanol–water partition coefficient (Wildman–Crippen LogP) is 4.29. The maximum absolute atomic E-state index is 12.4. The van der Waals surface area contributed by atoms with Crippen LogP contribution in [0.15, 0.2) is 36.5 Å². The molecule has 218 valence electrons. The number of hydrogen-bond acceptors (Lipinski definition) is 9. The zero-order valence-electron chi connectivity index (χ0n) is 24.4. The second-order valence-corrected chi connectivity index (χ2v) is 11.6. The zero-order valence-corrected chi connectivity index (χ0v) is 24.4. The number of ether oxygens (including phenoxy) is 2. The molecule has 0 radical (unpaired) electrons. The van der Waals surface area contributed by atoms with Crippen LogP contribution >= 0.6 is 0 Å². The van der Waals surface area contributed by atoms with Gasteiger partial charge in [-0.15, -0.1) is 0 Å².